The molecule has 0 aromatic heterocycles. The van der Waals surface area contributed by atoms with E-state index in [9.17, 15) is 4.79 Å². The summed E-state index contributed by atoms with van der Waals surface area (Å²) in [5, 5.41) is 0. The number of carbonyl (C=O) groups is 1. The molecular weight excluding hydrogens is 116 g/mol. The molecule has 0 aliphatic carbocycles. The summed E-state index contributed by atoms with van der Waals surface area (Å²) in [6.45, 7) is 5.51. The van der Waals surface area contributed by atoms with Gasteiger partial charge in [0.1, 0.15) is 6.10 Å². The van der Waals surface area contributed by atoms with Gasteiger partial charge in [0.15, 0.2) is 5.78 Å². The maximum absolute atomic E-state index is 10.9. The lowest BCUT2D eigenvalue weighted by molar-refractivity contribution is -0.130. The van der Waals surface area contributed by atoms with Gasteiger partial charge in [-0.3, -0.25) is 4.79 Å². The molecule has 0 saturated carbocycles. The molecule has 0 saturated heterocycles. The number of ether oxygens (including phenoxy) is 1. The number of carbonyl (C=O) groups excluding carboxylic acids is 1. The molecule has 1 atom stereocenters. The molecule has 1 unspecified atom stereocenters. The first-order valence-corrected chi connectivity index (χ1v) is 3.16. The number of ketones is 1. The van der Waals surface area contributed by atoms with Gasteiger partial charge in [0.05, 0.1) is 0 Å². The third kappa shape index (κ3) is 2.61. The van der Waals surface area contributed by atoms with Crippen LogP contribution < -0.4 is 0 Å². The van der Waals surface area contributed by atoms with E-state index in [0.717, 1.165) is 0 Å². The fraction of sp³-hybridized carbons (Fsp3) is 0.857. The highest BCUT2D eigenvalue weighted by atomic mass is 16.5. The van der Waals surface area contributed by atoms with Gasteiger partial charge >= 0.3 is 0 Å². The fourth-order valence-corrected chi connectivity index (χ4v) is 0.586. The second-order valence-corrected chi connectivity index (χ2v) is 2.44. The average Bonchev–Trinajstić information content (AvgIpc) is 1.84. The third-order valence-electron chi connectivity index (χ3n) is 1.32. The van der Waals surface area contributed by atoms with Crippen molar-refractivity contribution in [3.05, 3.63) is 0 Å². The molecule has 0 heterocycles. The molecule has 0 fully saturated rings. The zero-order valence-electron chi connectivity index (χ0n) is 6.47. The molecule has 0 aliphatic heterocycles. The summed E-state index contributed by atoms with van der Waals surface area (Å²) < 4.78 is 4.82. The summed E-state index contributed by atoms with van der Waals surface area (Å²) in [5.41, 5.74) is 0. The first-order chi connectivity index (χ1) is 4.09. The maximum Gasteiger partial charge on any atom is 0.163 e. The van der Waals surface area contributed by atoms with Crippen LogP contribution in [0.3, 0.4) is 0 Å². The Labute approximate surface area is 56.2 Å². The Morgan fingerprint density at radius 2 is 1.78 bits per heavy atom. The minimum absolute atomic E-state index is 0.0833. The molecular formula is C7H14O2. The topological polar surface area (TPSA) is 26.3 Å². The van der Waals surface area contributed by atoms with Gasteiger partial charge in [-0.25, -0.2) is 0 Å². The quantitative estimate of drug-likeness (QED) is 0.574. The van der Waals surface area contributed by atoms with E-state index in [-0.39, 0.29) is 17.8 Å². The van der Waals surface area contributed by atoms with Crippen LogP contribution in [0.25, 0.3) is 0 Å². The van der Waals surface area contributed by atoms with Crippen molar-refractivity contribution in [2.45, 2.75) is 26.9 Å². The summed E-state index contributed by atoms with van der Waals surface area (Å²) >= 11 is 0. The Morgan fingerprint density at radius 1 is 1.33 bits per heavy atom. The largest absolute Gasteiger partial charge is 0.374 e. The highest BCUT2D eigenvalue weighted by molar-refractivity contribution is 5.84. The van der Waals surface area contributed by atoms with E-state index in [1.807, 2.05) is 13.8 Å². The molecule has 0 N–H and O–H groups in total. The molecule has 0 aromatic carbocycles. The standard InChI is InChI=1S/C7H14O2/c1-5(2)7(8)6(3)9-4/h5-6H,1-4H3. The Kier molecular flexibility index (Phi) is 3.47. The predicted octanol–water partition coefficient (Wildman–Crippen LogP) is 1.25. The molecule has 9 heavy (non-hydrogen) atoms. The molecule has 0 rings (SSSR count). The summed E-state index contributed by atoms with van der Waals surface area (Å²) in [4.78, 5) is 10.9. The number of rotatable bonds is 3. The van der Waals surface area contributed by atoms with E-state index in [2.05, 4.69) is 0 Å². The van der Waals surface area contributed by atoms with E-state index >= 15 is 0 Å². The van der Waals surface area contributed by atoms with Gasteiger partial charge in [-0.05, 0) is 6.92 Å². The first kappa shape index (κ1) is 8.63. The number of hydrogen-bond donors (Lipinski definition) is 0. The van der Waals surface area contributed by atoms with Gasteiger partial charge in [0.2, 0.25) is 0 Å². The molecule has 2 nitrogen and oxygen atoms in total. The lowest BCUT2D eigenvalue weighted by atomic mass is 10.1. The zero-order chi connectivity index (χ0) is 7.44. The van der Waals surface area contributed by atoms with E-state index in [1.54, 1.807) is 14.0 Å². The van der Waals surface area contributed by atoms with Crippen molar-refractivity contribution in [1.82, 2.24) is 0 Å². The van der Waals surface area contributed by atoms with Crippen LogP contribution in [0, 0.1) is 5.92 Å². The minimum atomic E-state index is -0.245. The van der Waals surface area contributed by atoms with Crippen LogP contribution >= 0.6 is 0 Å². The van der Waals surface area contributed by atoms with Crippen LogP contribution in [0.15, 0.2) is 0 Å². The Hall–Kier alpha value is -0.370. The van der Waals surface area contributed by atoms with Crippen LogP contribution in [-0.2, 0) is 9.53 Å². The van der Waals surface area contributed by atoms with Gasteiger partial charge in [-0.15, -0.1) is 0 Å². The van der Waals surface area contributed by atoms with Crippen LogP contribution in [0.5, 0.6) is 0 Å². The van der Waals surface area contributed by atoms with Crippen LogP contribution in [0.2, 0.25) is 0 Å². The highest BCUT2D eigenvalue weighted by Gasteiger charge is 2.14. The second kappa shape index (κ2) is 3.62. The average molecular weight is 130 g/mol. The van der Waals surface area contributed by atoms with Gasteiger partial charge < -0.3 is 4.74 Å². The normalized spacial score (nSPS) is 13.9. The van der Waals surface area contributed by atoms with Crippen molar-refractivity contribution in [3.8, 4) is 0 Å². The van der Waals surface area contributed by atoms with E-state index < -0.39 is 0 Å². The van der Waals surface area contributed by atoms with Gasteiger partial charge in [-0.1, -0.05) is 13.8 Å². The maximum atomic E-state index is 10.9. The van der Waals surface area contributed by atoms with Crippen LogP contribution in [-0.4, -0.2) is 19.0 Å². The van der Waals surface area contributed by atoms with Crippen molar-refractivity contribution in [2.24, 2.45) is 5.92 Å². The molecule has 0 aromatic rings. The van der Waals surface area contributed by atoms with Crippen molar-refractivity contribution in [2.75, 3.05) is 7.11 Å². The SMILES string of the molecule is COC(C)C(=O)C(C)C. The summed E-state index contributed by atoms with van der Waals surface area (Å²) in [6.07, 6.45) is -0.245. The van der Waals surface area contributed by atoms with Crippen molar-refractivity contribution >= 4 is 5.78 Å². The van der Waals surface area contributed by atoms with E-state index in [1.165, 1.54) is 0 Å². The van der Waals surface area contributed by atoms with Crippen LogP contribution in [0.1, 0.15) is 20.8 Å². The number of Topliss-reactive ketones (excluding diaryl/α,β-unsaturated/α-hetero) is 1. The monoisotopic (exact) mass is 130 g/mol. The molecule has 54 valence electrons. The highest BCUT2D eigenvalue weighted by Crippen LogP contribution is 2.00. The lowest BCUT2D eigenvalue weighted by Crippen LogP contribution is -2.23. The Morgan fingerprint density at radius 3 is 1.89 bits per heavy atom. The summed E-state index contributed by atoms with van der Waals surface area (Å²) in [7, 11) is 1.55. The third-order valence-corrected chi connectivity index (χ3v) is 1.32. The molecule has 2 heteroatoms. The van der Waals surface area contributed by atoms with E-state index in [4.69, 9.17) is 4.74 Å². The lowest BCUT2D eigenvalue weighted by Gasteiger charge is -2.09. The Balaban J connectivity index is 3.73. The van der Waals surface area contributed by atoms with Crippen LogP contribution in [0.4, 0.5) is 0 Å². The zero-order valence-corrected chi connectivity index (χ0v) is 6.47. The molecule has 0 spiro atoms. The smallest absolute Gasteiger partial charge is 0.163 e. The minimum Gasteiger partial charge on any atom is -0.374 e. The first-order valence-electron chi connectivity index (χ1n) is 3.16. The molecule has 0 radical (unpaired) electrons. The van der Waals surface area contributed by atoms with E-state index in [0.29, 0.717) is 0 Å². The summed E-state index contributed by atoms with van der Waals surface area (Å²) in [5.74, 6) is 0.248. The Bertz CT molecular complexity index is 97.1. The van der Waals surface area contributed by atoms with Crippen molar-refractivity contribution in [1.29, 1.82) is 0 Å². The van der Waals surface area contributed by atoms with Gasteiger partial charge in [0, 0.05) is 13.0 Å². The fourth-order valence-electron chi connectivity index (χ4n) is 0.586. The number of hydrogen-bond acceptors (Lipinski definition) is 2. The van der Waals surface area contributed by atoms with Gasteiger partial charge in [0.25, 0.3) is 0 Å². The number of methoxy groups -OCH3 is 1. The summed E-state index contributed by atoms with van der Waals surface area (Å²) in [6, 6.07) is 0. The van der Waals surface area contributed by atoms with Crippen molar-refractivity contribution < 1.29 is 9.53 Å². The molecule has 0 amide bonds. The van der Waals surface area contributed by atoms with Crippen molar-refractivity contribution in [3.63, 3.8) is 0 Å². The predicted molar refractivity (Wildman–Crippen MR) is 36.3 cm³/mol. The van der Waals surface area contributed by atoms with Gasteiger partial charge in [-0.2, -0.15) is 0 Å². The molecule has 0 aliphatic rings. The second-order valence-electron chi connectivity index (χ2n) is 2.44. The molecule has 0 bridgehead atoms.